The summed E-state index contributed by atoms with van der Waals surface area (Å²) >= 11 is 6.52. The lowest BCUT2D eigenvalue weighted by Crippen LogP contribution is -2.47. The van der Waals surface area contributed by atoms with Crippen LogP contribution in [0.5, 0.6) is 0 Å². The fourth-order valence-electron chi connectivity index (χ4n) is 5.19. The third kappa shape index (κ3) is 4.94. The van der Waals surface area contributed by atoms with E-state index >= 15 is 0 Å². The van der Waals surface area contributed by atoms with E-state index < -0.39 is 21.8 Å². The van der Waals surface area contributed by atoms with E-state index in [1.807, 2.05) is 4.90 Å². The van der Waals surface area contributed by atoms with Gasteiger partial charge in [0.1, 0.15) is 21.6 Å². The highest BCUT2D eigenvalue weighted by molar-refractivity contribution is 8.26. The molecule has 3 aliphatic rings. The van der Waals surface area contributed by atoms with Gasteiger partial charge < -0.3 is 9.80 Å². The number of carbonyl (C=O) groups excluding carboxylic acids is 1. The summed E-state index contributed by atoms with van der Waals surface area (Å²) < 4.78 is 39.1. The van der Waals surface area contributed by atoms with E-state index in [1.165, 1.54) is 21.4 Å². The van der Waals surface area contributed by atoms with Crippen LogP contribution in [0.1, 0.15) is 12.0 Å². The Kier molecular flexibility index (Phi) is 6.68. The zero-order chi connectivity index (χ0) is 27.3. The van der Waals surface area contributed by atoms with Gasteiger partial charge in [-0.15, -0.1) is 0 Å². The maximum absolute atomic E-state index is 13.7. The van der Waals surface area contributed by atoms with Gasteiger partial charge >= 0.3 is 0 Å². The number of rotatable bonds is 4. The van der Waals surface area contributed by atoms with Gasteiger partial charge in [0.15, 0.2) is 9.84 Å². The van der Waals surface area contributed by atoms with Gasteiger partial charge in [-0.05, 0) is 48.9 Å². The molecule has 3 saturated heterocycles. The van der Waals surface area contributed by atoms with Crippen molar-refractivity contribution >= 4 is 67.3 Å². The van der Waals surface area contributed by atoms with Crippen LogP contribution in [0, 0.1) is 5.82 Å². The molecule has 2 aromatic heterocycles. The molecule has 5 heterocycles. The zero-order valence-corrected chi connectivity index (χ0v) is 23.1. The van der Waals surface area contributed by atoms with Crippen LogP contribution in [0.3, 0.4) is 0 Å². The maximum atomic E-state index is 13.7. The molecule has 1 amide bonds. The number of amides is 1. The number of pyridine rings is 1. The molecule has 6 rings (SSSR count). The largest absolute Gasteiger partial charge is 0.368 e. The minimum absolute atomic E-state index is 0.0256. The number of piperazine rings is 1. The summed E-state index contributed by atoms with van der Waals surface area (Å²) in [6.07, 6.45) is 3.51. The fourth-order valence-corrected chi connectivity index (χ4v) is 8.27. The normalized spacial score (nSPS) is 22.4. The van der Waals surface area contributed by atoms with Crippen molar-refractivity contribution in [1.29, 1.82) is 0 Å². The van der Waals surface area contributed by atoms with Crippen molar-refractivity contribution in [2.75, 3.05) is 47.5 Å². The van der Waals surface area contributed by atoms with Crippen molar-refractivity contribution in [3.63, 3.8) is 0 Å². The van der Waals surface area contributed by atoms with Gasteiger partial charge in [-0.2, -0.15) is 0 Å². The van der Waals surface area contributed by atoms with Gasteiger partial charge in [0.05, 0.1) is 28.0 Å². The smallest absolute Gasteiger partial charge is 0.267 e. The first-order valence-electron chi connectivity index (χ1n) is 12.4. The molecular formula is C26H24FN5O4S3. The van der Waals surface area contributed by atoms with Crippen LogP contribution < -0.4 is 15.4 Å². The van der Waals surface area contributed by atoms with E-state index in [2.05, 4.69) is 4.90 Å². The Bertz CT molecular complexity index is 1680. The van der Waals surface area contributed by atoms with E-state index in [1.54, 1.807) is 42.6 Å². The third-order valence-electron chi connectivity index (χ3n) is 7.19. The Morgan fingerprint density at radius 1 is 1.03 bits per heavy atom. The number of halogens is 1. The van der Waals surface area contributed by atoms with Crippen LogP contribution in [-0.2, 0) is 14.6 Å². The summed E-state index contributed by atoms with van der Waals surface area (Å²) in [7, 11) is -3.21. The van der Waals surface area contributed by atoms with Crippen molar-refractivity contribution in [3.05, 3.63) is 75.3 Å². The average molecular weight is 586 g/mol. The quantitative estimate of drug-likeness (QED) is 0.338. The van der Waals surface area contributed by atoms with Gasteiger partial charge in [-0.1, -0.05) is 30.0 Å². The number of fused-ring (bicyclic) bond motifs is 1. The highest BCUT2D eigenvalue weighted by Crippen LogP contribution is 2.37. The maximum Gasteiger partial charge on any atom is 0.267 e. The van der Waals surface area contributed by atoms with Crippen LogP contribution in [-0.4, -0.2) is 76.7 Å². The second-order valence-corrected chi connectivity index (χ2v) is 13.5. The van der Waals surface area contributed by atoms with Crippen LogP contribution in [0.15, 0.2) is 58.4 Å². The Balaban J connectivity index is 1.34. The number of carbonyl (C=O) groups is 1. The summed E-state index contributed by atoms with van der Waals surface area (Å²) in [5.41, 5.74) is 1.36. The van der Waals surface area contributed by atoms with Gasteiger partial charge in [-0.25, -0.2) is 17.8 Å². The van der Waals surface area contributed by atoms with E-state index in [-0.39, 0.29) is 37.7 Å². The molecule has 39 heavy (non-hydrogen) atoms. The van der Waals surface area contributed by atoms with Gasteiger partial charge in [-0.3, -0.25) is 18.9 Å². The Labute approximate surface area is 233 Å². The molecule has 1 atom stereocenters. The predicted octanol–water partition coefficient (Wildman–Crippen LogP) is 2.55. The van der Waals surface area contributed by atoms with Crippen molar-refractivity contribution in [3.8, 4) is 0 Å². The number of benzene rings is 1. The van der Waals surface area contributed by atoms with E-state index in [0.29, 0.717) is 44.1 Å². The number of thioether (sulfide) groups is 1. The van der Waals surface area contributed by atoms with Crippen molar-refractivity contribution in [2.45, 2.75) is 12.5 Å². The summed E-state index contributed by atoms with van der Waals surface area (Å²) in [5, 5.41) is 0. The van der Waals surface area contributed by atoms with Crippen LogP contribution >= 0.6 is 24.0 Å². The van der Waals surface area contributed by atoms with Crippen LogP contribution in [0.2, 0.25) is 0 Å². The fraction of sp³-hybridized carbons (Fsp3) is 0.308. The molecule has 0 spiro atoms. The third-order valence-corrected chi connectivity index (χ3v) is 10.3. The first kappa shape index (κ1) is 26.0. The van der Waals surface area contributed by atoms with E-state index in [0.717, 1.165) is 17.4 Å². The SMILES string of the molecule is O=C1/C(=C/c2c(N3CCN(c4ccc(F)cc4)CC3)nc3ccccn3c2=O)SC(=S)N1C1CCS(=O)(=O)C1. The lowest BCUT2D eigenvalue weighted by molar-refractivity contribution is -0.123. The topological polar surface area (TPSA) is 95.3 Å². The molecule has 1 aromatic carbocycles. The lowest BCUT2D eigenvalue weighted by Gasteiger charge is -2.37. The minimum Gasteiger partial charge on any atom is -0.368 e. The molecule has 3 aliphatic heterocycles. The number of anilines is 2. The second-order valence-electron chi connectivity index (χ2n) is 9.64. The number of aromatic nitrogens is 2. The highest BCUT2D eigenvalue weighted by Gasteiger charge is 2.42. The Hall–Kier alpha value is -3.29. The molecule has 13 heteroatoms. The first-order chi connectivity index (χ1) is 18.7. The molecule has 0 saturated carbocycles. The molecule has 0 N–H and O–H groups in total. The molecule has 0 aliphatic carbocycles. The summed E-state index contributed by atoms with van der Waals surface area (Å²) in [6.45, 7) is 2.40. The number of hydrogen-bond donors (Lipinski definition) is 0. The Morgan fingerprint density at radius 3 is 2.44 bits per heavy atom. The minimum atomic E-state index is -3.21. The van der Waals surface area contributed by atoms with Crippen molar-refractivity contribution < 1.29 is 17.6 Å². The molecule has 3 fully saturated rings. The summed E-state index contributed by atoms with van der Waals surface area (Å²) in [4.78, 5) is 37.7. The van der Waals surface area contributed by atoms with Crippen LogP contribution in [0.25, 0.3) is 11.7 Å². The summed E-state index contributed by atoms with van der Waals surface area (Å²) in [5.74, 6) is -0.299. The van der Waals surface area contributed by atoms with Crippen molar-refractivity contribution in [1.82, 2.24) is 14.3 Å². The average Bonchev–Trinajstić information content (AvgIpc) is 3.42. The molecule has 0 bridgehead atoms. The van der Waals surface area contributed by atoms with Gasteiger partial charge in [0, 0.05) is 38.1 Å². The number of hydrogen-bond acceptors (Lipinski definition) is 9. The molecular weight excluding hydrogens is 562 g/mol. The monoisotopic (exact) mass is 585 g/mol. The molecule has 3 aromatic rings. The number of thiocarbonyl (C=S) groups is 1. The predicted molar refractivity (Wildman–Crippen MR) is 154 cm³/mol. The van der Waals surface area contributed by atoms with Crippen LogP contribution in [0.4, 0.5) is 15.9 Å². The zero-order valence-electron chi connectivity index (χ0n) is 20.7. The number of nitrogens with zero attached hydrogens (tertiary/aromatic N) is 5. The van der Waals surface area contributed by atoms with E-state index in [4.69, 9.17) is 17.2 Å². The summed E-state index contributed by atoms with van der Waals surface area (Å²) in [6, 6.07) is 11.2. The van der Waals surface area contributed by atoms with E-state index in [9.17, 15) is 22.4 Å². The lowest BCUT2D eigenvalue weighted by atomic mass is 10.2. The Morgan fingerprint density at radius 2 is 1.74 bits per heavy atom. The van der Waals surface area contributed by atoms with Crippen molar-refractivity contribution in [2.24, 2.45) is 0 Å². The van der Waals surface area contributed by atoms with Gasteiger partial charge in [0.2, 0.25) is 0 Å². The molecule has 0 radical (unpaired) electrons. The molecule has 1 unspecified atom stereocenters. The molecule has 202 valence electrons. The standard InChI is InChI=1S/C26H24FN5O4S3/c27-17-4-6-18(7-5-17)29-10-12-30(13-11-29)23-20(24(33)31-9-2-1-3-22(31)28-23)15-21-25(34)32(26(37)38-21)19-8-14-39(35,36)16-19/h1-7,9,15,19H,8,10-14,16H2/b21-15-. The first-order valence-corrected chi connectivity index (χ1v) is 15.5. The second kappa shape index (κ2) is 10.0. The van der Waals surface area contributed by atoms with Gasteiger partial charge in [0.25, 0.3) is 11.5 Å². The highest BCUT2D eigenvalue weighted by atomic mass is 32.2. The molecule has 9 nitrogen and oxygen atoms in total. The number of sulfone groups is 1.